The summed E-state index contributed by atoms with van der Waals surface area (Å²) in [6, 6.07) is 5.83. The van der Waals surface area contributed by atoms with Gasteiger partial charge in [0.25, 0.3) is 0 Å². The van der Waals surface area contributed by atoms with Crippen molar-refractivity contribution >= 4 is 5.82 Å². The van der Waals surface area contributed by atoms with Crippen LogP contribution in [0.15, 0.2) is 18.2 Å². The van der Waals surface area contributed by atoms with Gasteiger partial charge in [0.1, 0.15) is 5.82 Å². The fourth-order valence-corrected chi connectivity index (χ4v) is 2.17. The molecule has 5 nitrogen and oxygen atoms in total. The Balaban J connectivity index is 2.11. The van der Waals surface area contributed by atoms with Gasteiger partial charge < -0.3 is 20.1 Å². The van der Waals surface area contributed by atoms with E-state index in [1.54, 1.807) is 0 Å². The molecule has 0 amide bonds. The molecule has 0 saturated carbocycles. The van der Waals surface area contributed by atoms with Crippen molar-refractivity contribution in [3.8, 4) is 5.88 Å². The van der Waals surface area contributed by atoms with E-state index in [0.717, 1.165) is 18.9 Å². The van der Waals surface area contributed by atoms with E-state index in [1.807, 2.05) is 25.1 Å². The van der Waals surface area contributed by atoms with Crippen LogP contribution in [0.25, 0.3) is 0 Å². The summed E-state index contributed by atoms with van der Waals surface area (Å²) in [5.74, 6) is 1.59. The minimum atomic E-state index is 0.0753. The SMILES string of the molecule is CCOc1cccc(N2CC(C)OC(CN)C2)n1. The van der Waals surface area contributed by atoms with Crippen molar-refractivity contribution in [2.75, 3.05) is 31.1 Å². The summed E-state index contributed by atoms with van der Waals surface area (Å²) in [5.41, 5.74) is 5.69. The van der Waals surface area contributed by atoms with E-state index in [-0.39, 0.29) is 12.2 Å². The van der Waals surface area contributed by atoms with Crippen LogP contribution in [0, 0.1) is 0 Å². The lowest BCUT2D eigenvalue weighted by Gasteiger charge is -2.37. The highest BCUT2D eigenvalue weighted by atomic mass is 16.5. The summed E-state index contributed by atoms with van der Waals surface area (Å²) in [5, 5.41) is 0. The van der Waals surface area contributed by atoms with Gasteiger partial charge in [-0.3, -0.25) is 0 Å². The number of hydrogen-bond donors (Lipinski definition) is 1. The van der Waals surface area contributed by atoms with Crippen LogP contribution in [0.1, 0.15) is 13.8 Å². The molecule has 2 rings (SSSR count). The molecule has 18 heavy (non-hydrogen) atoms. The molecule has 2 unspecified atom stereocenters. The Bertz CT molecular complexity index is 386. The molecule has 2 atom stereocenters. The minimum absolute atomic E-state index is 0.0753. The molecule has 1 aromatic heterocycles. The summed E-state index contributed by atoms with van der Waals surface area (Å²) in [6.45, 7) is 6.78. The third-order valence-electron chi connectivity index (χ3n) is 2.91. The van der Waals surface area contributed by atoms with Crippen molar-refractivity contribution < 1.29 is 9.47 Å². The van der Waals surface area contributed by atoms with Gasteiger partial charge in [-0.2, -0.15) is 4.98 Å². The molecular formula is C13H21N3O2. The molecule has 2 heterocycles. The lowest BCUT2D eigenvalue weighted by atomic mass is 10.2. The lowest BCUT2D eigenvalue weighted by molar-refractivity contribution is -0.0107. The fourth-order valence-electron chi connectivity index (χ4n) is 2.17. The maximum atomic E-state index is 5.74. The van der Waals surface area contributed by atoms with E-state index in [0.29, 0.717) is 19.0 Å². The minimum Gasteiger partial charge on any atom is -0.478 e. The monoisotopic (exact) mass is 251 g/mol. The molecule has 0 radical (unpaired) electrons. The van der Waals surface area contributed by atoms with E-state index in [9.17, 15) is 0 Å². The number of morpholine rings is 1. The first-order valence-electron chi connectivity index (χ1n) is 6.43. The second-order valence-electron chi connectivity index (χ2n) is 4.48. The predicted molar refractivity (Wildman–Crippen MR) is 71.0 cm³/mol. The summed E-state index contributed by atoms with van der Waals surface area (Å²) < 4.78 is 11.2. The molecule has 1 saturated heterocycles. The Kier molecular flexibility index (Phi) is 4.38. The number of pyridine rings is 1. The second-order valence-corrected chi connectivity index (χ2v) is 4.48. The number of nitrogens with zero attached hydrogens (tertiary/aromatic N) is 2. The highest BCUT2D eigenvalue weighted by molar-refractivity contribution is 5.41. The number of nitrogens with two attached hydrogens (primary N) is 1. The van der Waals surface area contributed by atoms with Crippen molar-refractivity contribution in [1.82, 2.24) is 4.98 Å². The zero-order valence-corrected chi connectivity index (χ0v) is 11.0. The van der Waals surface area contributed by atoms with Gasteiger partial charge in [0.05, 0.1) is 18.8 Å². The molecule has 5 heteroatoms. The zero-order valence-electron chi connectivity index (χ0n) is 11.0. The van der Waals surface area contributed by atoms with Gasteiger partial charge in [-0.25, -0.2) is 0 Å². The van der Waals surface area contributed by atoms with Gasteiger partial charge in [-0.1, -0.05) is 6.07 Å². The average molecular weight is 251 g/mol. The molecule has 1 aromatic rings. The maximum Gasteiger partial charge on any atom is 0.215 e. The molecule has 1 fully saturated rings. The first-order chi connectivity index (χ1) is 8.72. The standard InChI is InChI=1S/C13H21N3O2/c1-3-17-13-6-4-5-12(15-13)16-8-10(2)18-11(7-14)9-16/h4-6,10-11H,3,7-9,14H2,1-2H3. The number of ether oxygens (including phenoxy) is 2. The van der Waals surface area contributed by atoms with Gasteiger partial charge >= 0.3 is 0 Å². The Hall–Kier alpha value is -1.33. The molecule has 1 aliphatic rings. The normalized spacial score (nSPS) is 24.1. The molecule has 0 aromatic carbocycles. The maximum absolute atomic E-state index is 5.74. The van der Waals surface area contributed by atoms with Crippen LogP contribution in [0.2, 0.25) is 0 Å². The molecular weight excluding hydrogens is 230 g/mol. The van der Waals surface area contributed by atoms with Crippen LogP contribution >= 0.6 is 0 Å². The highest BCUT2D eigenvalue weighted by Gasteiger charge is 2.25. The Morgan fingerprint density at radius 1 is 1.50 bits per heavy atom. The molecule has 2 N–H and O–H groups in total. The van der Waals surface area contributed by atoms with Crippen LogP contribution in [0.4, 0.5) is 5.82 Å². The third-order valence-corrected chi connectivity index (χ3v) is 2.91. The summed E-state index contributed by atoms with van der Waals surface area (Å²) in [4.78, 5) is 6.70. The van der Waals surface area contributed by atoms with E-state index in [1.165, 1.54) is 0 Å². The van der Waals surface area contributed by atoms with Crippen LogP contribution in [0.5, 0.6) is 5.88 Å². The van der Waals surface area contributed by atoms with Gasteiger partial charge in [-0.05, 0) is 19.9 Å². The van der Waals surface area contributed by atoms with Crippen molar-refractivity contribution in [1.29, 1.82) is 0 Å². The average Bonchev–Trinajstić information content (AvgIpc) is 2.39. The quantitative estimate of drug-likeness (QED) is 0.866. The zero-order chi connectivity index (χ0) is 13.0. The summed E-state index contributed by atoms with van der Waals surface area (Å²) in [6.07, 6.45) is 0.246. The number of aromatic nitrogens is 1. The lowest BCUT2D eigenvalue weighted by Crippen LogP contribution is -2.49. The van der Waals surface area contributed by atoms with E-state index < -0.39 is 0 Å². The van der Waals surface area contributed by atoms with Gasteiger partial charge in [0.2, 0.25) is 5.88 Å². The van der Waals surface area contributed by atoms with Crippen molar-refractivity contribution in [2.45, 2.75) is 26.1 Å². The Labute approximate surface area is 108 Å². The first-order valence-corrected chi connectivity index (χ1v) is 6.43. The topological polar surface area (TPSA) is 60.6 Å². The number of rotatable bonds is 4. The first kappa shape index (κ1) is 13.1. The smallest absolute Gasteiger partial charge is 0.215 e. The van der Waals surface area contributed by atoms with Crippen molar-refractivity contribution in [2.24, 2.45) is 5.73 Å². The largest absolute Gasteiger partial charge is 0.478 e. The predicted octanol–water partition coefficient (Wildman–Crippen LogP) is 1.03. The third kappa shape index (κ3) is 3.11. The second kappa shape index (κ2) is 6.02. The van der Waals surface area contributed by atoms with Gasteiger partial charge in [0.15, 0.2) is 0 Å². The Morgan fingerprint density at radius 3 is 3.06 bits per heavy atom. The van der Waals surface area contributed by atoms with Crippen molar-refractivity contribution in [3.63, 3.8) is 0 Å². The van der Waals surface area contributed by atoms with Crippen molar-refractivity contribution in [3.05, 3.63) is 18.2 Å². The van der Waals surface area contributed by atoms with Crippen LogP contribution in [-0.4, -0.2) is 43.4 Å². The van der Waals surface area contributed by atoms with Crippen LogP contribution in [-0.2, 0) is 4.74 Å². The van der Waals surface area contributed by atoms with Gasteiger partial charge in [-0.15, -0.1) is 0 Å². The fraction of sp³-hybridized carbons (Fsp3) is 0.615. The molecule has 0 spiro atoms. The number of anilines is 1. The number of hydrogen-bond acceptors (Lipinski definition) is 5. The molecule has 1 aliphatic heterocycles. The Morgan fingerprint density at radius 2 is 2.33 bits per heavy atom. The van der Waals surface area contributed by atoms with Crippen LogP contribution < -0.4 is 15.4 Å². The van der Waals surface area contributed by atoms with E-state index >= 15 is 0 Å². The molecule has 0 aliphatic carbocycles. The van der Waals surface area contributed by atoms with Crippen LogP contribution in [0.3, 0.4) is 0 Å². The summed E-state index contributed by atoms with van der Waals surface area (Å²) >= 11 is 0. The highest BCUT2D eigenvalue weighted by Crippen LogP contribution is 2.20. The van der Waals surface area contributed by atoms with E-state index in [2.05, 4.69) is 16.8 Å². The molecule has 0 bridgehead atoms. The summed E-state index contributed by atoms with van der Waals surface area (Å²) in [7, 11) is 0. The van der Waals surface area contributed by atoms with Gasteiger partial charge in [0, 0.05) is 25.7 Å². The van der Waals surface area contributed by atoms with E-state index in [4.69, 9.17) is 15.2 Å². The molecule has 100 valence electrons.